The molecule has 1 aromatic rings. The van der Waals surface area contributed by atoms with Crippen LogP contribution in [-0.4, -0.2) is 12.0 Å². The lowest BCUT2D eigenvalue weighted by molar-refractivity contribution is 0.511. The van der Waals surface area contributed by atoms with Crippen LogP contribution in [0.5, 0.6) is 0 Å². The number of aryl methyl sites for hydroxylation is 1. The van der Waals surface area contributed by atoms with Crippen molar-refractivity contribution in [3.05, 3.63) is 29.6 Å². The molecule has 1 unspecified atom stereocenters. The van der Waals surface area contributed by atoms with Gasteiger partial charge in [0.1, 0.15) is 0 Å². The van der Waals surface area contributed by atoms with Crippen LogP contribution < -0.4 is 5.32 Å². The third kappa shape index (κ3) is 1.80. The normalized spacial score (nSPS) is 18.1. The molecule has 1 aliphatic rings. The van der Waals surface area contributed by atoms with E-state index in [1.54, 1.807) is 0 Å². The number of nitrogens with one attached hydrogen (secondary N) is 1. The lowest BCUT2D eigenvalue weighted by Crippen LogP contribution is -2.21. The third-order valence-electron chi connectivity index (χ3n) is 3.01. The number of aromatic nitrogens is 1. The quantitative estimate of drug-likeness (QED) is 0.788. The average Bonchev–Trinajstić information content (AvgIpc) is 3.04. The highest BCUT2D eigenvalue weighted by atomic mass is 14.9. The van der Waals surface area contributed by atoms with Gasteiger partial charge in [-0.05, 0) is 43.9 Å². The summed E-state index contributed by atoms with van der Waals surface area (Å²) in [7, 11) is 2.04. The van der Waals surface area contributed by atoms with Gasteiger partial charge < -0.3 is 5.32 Å². The highest BCUT2D eigenvalue weighted by Gasteiger charge is 2.32. The Hall–Kier alpha value is -0.890. The molecule has 0 bridgehead atoms. The molecule has 1 heterocycles. The lowest BCUT2D eigenvalue weighted by atomic mass is 10.0. The zero-order chi connectivity index (χ0) is 9.97. The SMILES string of the molecule is CCc1cccnc1C(NC)C1CC1. The predicted molar refractivity (Wildman–Crippen MR) is 58.1 cm³/mol. The van der Waals surface area contributed by atoms with Gasteiger partial charge in [-0.3, -0.25) is 4.98 Å². The maximum Gasteiger partial charge on any atom is 0.0607 e. The van der Waals surface area contributed by atoms with Crippen LogP contribution in [0.1, 0.15) is 37.1 Å². The molecule has 0 aliphatic heterocycles. The lowest BCUT2D eigenvalue weighted by Gasteiger charge is -2.17. The molecule has 1 fully saturated rings. The number of rotatable bonds is 4. The molecule has 0 saturated heterocycles. The van der Waals surface area contributed by atoms with Crippen molar-refractivity contribution in [2.45, 2.75) is 32.2 Å². The fourth-order valence-corrected chi connectivity index (χ4v) is 2.06. The summed E-state index contributed by atoms with van der Waals surface area (Å²) in [5, 5.41) is 3.39. The van der Waals surface area contributed by atoms with Gasteiger partial charge in [-0.2, -0.15) is 0 Å². The van der Waals surface area contributed by atoms with Gasteiger partial charge in [0.15, 0.2) is 0 Å². The molecule has 14 heavy (non-hydrogen) atoms. The summed E-state index contributed by atoms with van der Waals surface area (Å²) in [6.45, 7) is 2.19. The average molecular weight is 190 g/mol. The highest BCUT2D eigenvalue weighted by Crippen LogP contribution is 2.40. The summed E-state index contributed by atoms with van der Waals surface area (Å²) >= 11 is 0. The number of hydrogen-bond donors (Lipinski definition) is 1. The number of nitrogens with zero attached hydrogens (tertiary/aromatic N) is 1. The van der Waals surface area contributed by atoms with Crippen LogP contribution in [0.2, 0.25) is 0 Å². The Labute approximate surface area is 85.7 Å². The van der Waals surface area contributed by atoms with Gasteiger partial charge in [0.25, 0.3) is 0 Å². The largest absolute Gasteiger partial charge is 0.311 e. The van der Waals surface area contributed by atoms with E-state index in [1.807, 2.05) is 19.3 Å². The molecule has 0 aromatic carbocycles. The Morgan fingerprint density at radius 2 is 2.36 bits per heavy atom. The van der Waals surface area contributed by atoms with Gasteiger partial charge in [0.05, 0.1) is 11.7 Å². The highest BCUT2D eigenvalue weighted by molar-refractivity contribution is 5.24. The van der Waals surface area contributed by atoms with Crippen LogP contribution in [0.15, 0.2) is 18.3 Å². The molecule has 1 atom stereocenters. The Bertz CT molecular complexity index is 305. The molecule has 1 aromatic heterocycles. The second-order valence-corrected chi connectivity index (χ2v) is 4.01. The predicted octanol–water partition coefficient (Wildman–Crippen LogP) is 2.31. The van der Waals surface area contributed by atoms with E-state index in [1.165, 1.54) is 24.1 Å². The van der Waals surface area contributed by atoms with Crippen LogP contribution >= 0.6 is 0 Å². The smallest absolute Gasteiger partial charge is 0.0607 e. The van der Waals surface area contributed by atoms with Gasteiger partial charge in [-0.25, -0.2) is 0 Å². The molecule has 0 amide bonds. The first-order chi connectivity index (χ1) is 6.86. The molecule has 2 rings (SSSR count). The first-order valence-electron chi connectivity index (χ1n) is 5.47. The zero-order valence-electron chi connectivity index (χ0n) is 8.96. The monoisotopic (exact) mass is 190 g/mol. The Morgan fingerprint density at radius 1 is 1.57 bits per heavy atom. The molecule has 0 radical (unpaired) electrons. The molecule has 0 spiro atoms. The molecule has 1 aliphatic carbocycles. The second-order valence-electron chi connectivity index (χ2n) is 4.01. The van der Waals surface area contributed by atoms with Crippen molar-refractivity contribution < 1.29 is 0 Å². The van der Waals surface area contributed by atoms with Gasteiger partial charge in [0, 0.05) is 6.20 Å². The van der Waals surface area contributed by atoms with E-state index in [2.05, 4.69) is 23.3 Å². The minimum Gasteiger partial charge on any atom is -0.311 e. The van der Waals surface area contributed by atoms with Crippen molar-refractivity contribution >= 4 is 0 Å². The minimum atomic E-state index is 0.478. The molecule has 1 saturated carbocycles. The fraction of sp³-hybridized carbons (Fsp3) is 0.583. The van der Waals surface area contributed by atoms with Crippen LogP contribution in [0, 0.1) is 5.92 Å². The first-order valence-corrected chi connectivity index (χ1v) is 5.47. The molecule has 2 nitrogen and oxygen atoms in total. The van der Waals surface area contributed by atoms with Gasteiger partial charge in [-0.1, -0.05) is 13.0 Å². The van der Waals surface area contributed by atoms with E-state index < -0.39 is 0 Å². The van der Waals surface area contributed by atoms with Crippen molar-refractivity contribution in [1.29, 1.82) is 0 Å². The van der Waals surface area contributed by atoms with Gasteiger partial charge in [-0.15, -0.1) is 0 Å². The molecule has 2 heteroatoms. The van der Waals surface area contributed by atoms with Gasteiger partial charge in [0.2, 0.25) is 0 Å². The third-order valence-corrected chi connectivity index (χ3v) is 3.01. The maximum absolute atomic E-state index is 4.52. The summed E-state index contributed by atoms with van der Waals surface area (Å²) in [5.41, 5.74) is 2.65. The van der Waals surface area contributed by atoms with Gasteiger partial charge >= 0.3 is 0 Å². The maximum atomic E-state index is 4.52. The Morgan fingerprint density at radius 3 is 2.93 bits per heavy atom. The Kier molecular flexibility index (Phi) is 2.82. The first kappa shape index (κ1) is 9.66. The Balaban J connectivity index is 2.27. The van der Waals surface area contributed by atoms with E-state index in [9.17, 15) is 0 Å². The van der Waals surface area contributed by atoms with Crippen molar-refractivity contribution in [3.63, 3.8) is 0 Å². The second kappa shape index (κ2) is 4.09. The molecular weight excluding hydrogens is 172 g/mol. The van der Waals surface area contributed by atoms with Crippen molar-refractivity contribution in [1.82, 2.24) is 10.3 Å². The van der Waals surface area contributed by atoms with Crippen LogP contribution in [-0.2, 0) is 6.42 Å². The van der Waals surface area contributed by atoms with E-state index in [0.717, 1.165) is 12.3 Å². The minimum absolute atomic E-state index is 0.478. The molecule has 1 N–H and O–H groups in total. The van der Waals surface area contributed by atoms with E-state index >= 15 is 0 Å². The van der Waals surface area contributed by atoms with Crippen LogP contribution in [0.25, 0.3) is 0 Å². The topological polar surface area (TPSA) is 24.9 Å². The molecule has 76 valence electrons. The van der Waals surface area contributed by atoms with Crippen molar-refractivity contribution in [2.24, 2.45) is 5.92 Å². The molecular formula is C12H18N2. The summed E-state index contributed by atoms with van der Waals surface area (Å²) < 4.78 is 0. The van der Waals surface area contributed by atoms with E-state index in [4.69, 9.17) is 0 Å². The standard InChI is InChI=1S/C12H18N2/c1-3-9-5-4-8-14-12(9)11(13-2)10-6-7-10/h4-5,8,10-11,13H,3,6-7H2,1-2H3. The summed E-state index contributed by atoms with van der Waals surface area (Å²) in [6, 6.07) is 4.70. The van der Waals surface area contributed by atoms with E-state index in [0.29, 0.717) is 6.04 Å². The van der Waals surface area contributed by atoms with Crippen molar-refractivity contribution in [2.75, 3.05) is 7.05 Å². The van der Waals surface area contributed by atoms with Crippen LogP contribution in [0.4, 0.5) is 0 Å². The fourth-order valence-electron chi connectivity index (χ4n) is 2.06. The van der Waals surface area contributed by atoms with Crippen LogP contribution in [0.3, 0.4) is 0 Å². The number of hydrogen-bond acceptors (Lipinski definition) is 2. The van der Waals surface area contributed by atoms with E-state index in [-0.39, 0.29) is 0 Å². The zero-order valence-corrected chi connectivity index (χ0v) is 8.96. The summed E-state index contributed by atoms with van der Waals surface area (Å²) in [5.74, 6) is 0.820. The van der Waals surface area contributed by atoms with Crippen molar-refractivity contribution in [3.8, 4) is 0 Å². The summed E-state index contributed by atoms with van der Waals surface area (Å²) in [6.07, 6.45) is 5.69. The number of pyridine rings is 1. The summed E-state index contributed by atoms with van der Waals surface area (Å²) in [4.78, 5) is 4.52.